The zero-order valence-corrected chi connectivity index (χ0v) is 12.3. The number of aromatic nitrogens is 1. The molecule has 2 heterocycles. The van der Waals surface area contributed by atoms with Gasteiger partial charge in [-0.15, -0.1) is 0 Å². The van der Waals surface area contributed by atoms with E-state index in [2.05, 4.69) is 5.16 Å². The number of hydrogen-bond donors (Lipinski definition) is 1. The number of aliphatic hydroxyl groups is 1. The number of rotatable bonds is 2. The Balaban J connectivity index is 1.47. The Bertz CT molecular complexity index is 551. The van der Waals surface area contributed by atoms with Crippen molar-refractivity contribution in [1.29, 1.82) is 0 Å². The second kappa shape index (κ2) is 4.83. The number of nitrogens with zero attached hydrogens (tertiary/aromatic N) is 2. The van der Waals surface area contributed by atoms with Crippen molar-refractivity contribution in [2.45, 2.75) is 56.5 Å². The summed E-state index contributed by atoms with van der Waals surface area (Å²) >= 11 is 0. The number of piperidine rings is 1. The summed E-state index contributed by atoms with van der Waals surface area (Å²) in [4.78, 5) is 14.4. The van der Waals surface area contributed by atoms with Gasteiger partial charge in [0.1, 0.15) is 5.76 Å². The third-order valence-electron chi connectivity index (χ3n) is 5.44. The fraction of sp³-hybridized carbons (Fsp3) is 0.750. The fourth-order valence-corrected chi connectivity index (χ4v) is 3.87. The first-order valence-corrected chi connectivity index (χ1v) is 8.14. The summed E-state index contributed by atoms with van der Waals surface area (Å²) in [7, 11) is 0. The molecule has 0 radical (unpaired) electrons. The summed E-state index contributed by atoms with van der Waals surface area (Å²) in [5.74, 6) is 1.50. The minimum atomic E-state index is -0.544. The zero-order valence-electron chi connectivity index (χ0n) is 12.3. The first kappa shape index (κ1) is 13.3. The molecule has 4 rings (SSSR count). The molecule has 0 bridgehead atoms. The molecular formula is C16H22N2O3. The van der Waals surface area contributed by atoms with Crippen molar-refractivity contribution < 1.29 is 14.4 Å². The predicted molar refractivity (Wildman–Crippen MR) is 75.9 cm³/mol. The van der Waals surface area contributed by atoms with Crippen LogP contribution in [0.3, 0.4) is 0 Å². The monoisotopic (exact) mass is 290 g/mol. The average Bonchev–Trinajstić information content (AvgIpc) is 3.23. The highest BCUT2D eigenvalue weighted by molar-refractivity contribution is 5.92. The number of fused-ring (bicyclic) bond motifs is 1. The van der Waals surface area contributed by atoms with E-state index in [4.69, 9.17) is 4.52 Å². The van der Waals surface area contributed by atoms with Gasteiger partial charge in [0.15, 0.2) is 5.69 Å². The van der Waals surface area contributed by atoms with Crippen LogP contribution in [0.4, 0.5) is 0 Å². The highest BCUT2D eigenvalue weighted by Gasteiger charge is 2.44. The Kier molecular flexibility index (Phi) is 3.06. The van der Waals surface area contributed by atoms with Gasteiger partial charge >= 0.3 is 0 Å². The van der Waals surface area contributed by atoms with Crippen molar-refractivity contribution in [2.24, 2.45) is 5.92 Å². The van der Waals surface area contributed by atoms with Gasteiger partial charge in [-0.2, -0.15) is 0 Å². The SMILES string of the molecule is O=C(c1cc(C2CC2)on1)N1CCC2(O)CCCCC2C1. The van der Waals surface area contributed by atoms with Crippen LogP contribution in [0.2, 0.25) is 0 Å². The summed E-state index contributed by atoms with van der Waals surface area (Å²) in [6, 6.07) is 1.81. The molecule has 21 heavy (non-hydrogen) atoms. The molecule has 2 unspecified atom stereocenters. The number of amides is 1. The topological polar surface area (TPSA) is 66.6 Å². The molecule has 3 aliphatic rings. The molecule has 5 heteroatoms. The van der Waals surface area contributed by atoms with Crippen LogP contribution in [0, 0.1) is 5.92 Å². The van der Waals surface area contributed by atoms with Crippen LogP contribution < -0.4 is 0 Å². The van der Waals surface area contributed by atoms with Crippen molar-refractivity contribution in [1.82, 2.24) is 10.1 Å². The van der Waals surface area contributed by atoms with E-state index in [9.17, 15) is 9.90 Å². The summed E-state index contributed by atoms with van der Waals surface area (Å²) < 4.78 is 5.28. The van der Waals surface area contributed by atoms with Gasteiger partial charge in [0, 0.05) is 31.0 Å². The zero-order chi connectivity index (χ0) is 14.4. The quantitative estimate of drug-likeness (QED) is 0.907. The Hall–Kier alpha value is -1.36. The van der Waals surface area contributed by atoms with E-state index in [0.29, 0.717) is 31.1 Å². The van der Waals surface area contributed by atoms with E-state index < -0.39 is 5.60 Å². The van der Waals surface area contributed by atoms with Crippen LogP contribution in [0.15, 0.2) is 10.6 Å². The largest absolute Gasteiger partial charge is 0.389 e. The second-order valence-corrected chi connectivity index (χ2v) is 6.94. The molecule has 2 atom stereocenters. The van der Waals surface area contributed by atoms with Gasteiger partial charge in [0.25, 0.3) is 5.91 Å². The van der Waals surface area contributed by atoms with Gasteiger partial charge in [0.2, 0.25) is 0 Å². The molecule has 1 saturated heterocycles. The lowest BCUT2D eigenvalue weighted by atomic mass is 9.71. The van der Waals surface area contributed by atoms with Crippen LogP contribution in [-0.2, 0) is 0 Å². The minimum absolute atomic E-state index is 0.0433. The highest BCUT2D eigenvalue weighted by Crippen LogP contribution is 2.41. The number of carbonyl (C=O) groups is 1. The maximum absolute atomic E-state index is 12.6. The van der Waals surface area contributed by atoms with Gasteiger partial charge in [-0.25, -0.2) is 0 Å². The molecule has 1 amide bonds. The molecular weight excluding hydrogens is 268 g/mol. The van der Waals surface area contributed by atoms with Gasteiger partial charge in [0.05, 0.1) is 5.60 Å². The van der Waals surface area contributed by atoms with Gasteiger partial charge in [-0.3, -0.25) is 4.79 Å². The lowest BCUT2D eigenvalue weighted by Gasteiger charge is -2.47. The molecule has 1 N–H and O–H groups in total. The third kappa shape index (κ3) is 2.37. The summed E-state index contributed by atoms with van der Waals surface area (Å²) in [6.07, 6.45) is 7.14. The van der Waals surface area contributed by atoms with E-state index in [0.717, 1.165) is 44.3 Å². The molecule has 0 spiro atoms. The standard InChI is InChI=1S/C16H22N2O3/c19-15(13-9-14(21-17-13)11-4-5-11)18-8-7-16(20)6-2-1-3-12(16)10-18/h9,11-12,20H,1-8,10H2. The molecule has 1 aromatic heterocycles. The van der Waals surface area contributed by atoms with Crippen LogP contribution in [0.5, 0.6) is 0 Å². The van der Waals surface area contributed by atoms with E-state index >= 15 is 0 Å². The number of likely N-dealkylation sites (tertiary alicyclic amines) is 1. The summed E-state index contributed by atoms with van der Waals surface area (Å²) in [5.41, 5.74) is -0.115. The first-order valence-electron chi connectivity index (χ1n) is 8.14. The maximum Gasteiger partial charge on any atom is 0.276 e. The van der Waals surface area contributed by atoms with Crippen molar-refractivity contribution in [3.63, 3.8) is 0 Å². The van der Waals surface area contributed by atoms with E-state index in [-0.39, 0.29) is 11.8 Å². The lowest BCUT2D eigenvalue weighted by molar-refractivity contribution is -0.0887. The molecule has 5 nitrogen and oxygen atoms in total. The Labute approximate surface area is 124 Å². The smallest absolute Gasteiger partial charge is 0.276 e. The van der Waals surface area contributed by atoms with Crippen LogP contribution in [-0.4, -0.2) is 39.8 Å². The van der Waals surface area contributed by atoms with Crippen LogP contribution in [0.25, 0.3) is 0 Å². The maximum atomic E-state index is 12.6. The van der Waals surface area contributed by atoms with Crippen LogP contribution >= 0.6 is 0 Å². The second-order valence-electron chi connectivity index (χ2n) is 6.94. The molecule has 1 aliphatic heterocycles. The van der Waals surface area contributed by atoms with E-state index in [1.54, 1.807) is 0 Å². The van der Waals surface area contributed by atoms with Gasteiger partial charge in [-0.1, -0.05) is 18.0 Å². The third-order valence-corrected chi connectivity index (χ3v) is 5.44. The first-order chi connectivity index (χ1) is 10.2. The van der Waals surface area contributed by atoms with Crippen molar-refractivity contribution in [3.05, 3.63) is 17.5 Å². The highest BCUT2D eigenvalue weighted by atomic mass is 16.5. The van der Waals surface area contributed by atoms with Gasteiger partial charge < -0.3 is 14.5 Å². The molecule has 2 aliphatic carbocycles. The van der Waals surface area contributed by atoms with Crippen molar-refractivity contribution >= 4 is 5.91 Å². The Morgan fingerprint density at radius 3 is 3.00 bits per heavy atom. The number of carbonyl (C=O) groups excluding carboxylic acids is 1. The Morgan fingerprint density at radius 1 is 1.33 bits per heavy atom. The molecule has 1 aromatic rings. The molecule has 0 aromatic carbocycles. The fourth-order valence-electron chi connectivity index (χ4n) is 3.87. The minimum Gasteiger partial charge on any atom is -0.389 e. The van der Waals surface area contributed by atoms with Gasteiger partial charge in [-0.05, 0) is 32.1 Å². The Morgan fingerprint density at radius 2 is 2.19 bits per heavy atom. The molecule has 2 saturated carbocycles. The number of hydrogen-bond acceptors (Lipinski definition) is 4. The van der Waals surface area contributed by atoms with E-state index in [1.807, 2.05) is 11.0 Å². The average molecular weight is 290 g/mol. The summed E-state index contributed by atoms with van der Waals surface area (Å²) in [6.45, 7) is 1.28. The van der Waals surface area contributed by atoms with Crippen molar-refractivity contribution in [3.8, 4) is 0 Å². The predicted octanol–water partition coefficient (Wildman–Crippen LogP) is 2.32. The van der Waals surface area contributed by atoms with E-state index in [1.165, 1.54) is 0 Å². The molecule has 3 fully saturated rings. The lowest BCUT2D eigenvalue weighted by Crippen LogP contribution is -2.54. The summed E-state index contributed by atoms with van der Waals surface area (Å²) in [5, 5.41) is 14.6. The van der Waals surface area contributed by atoms with Crippen LogP contribution in [0.1, 0.15) is 67.1 Å². The molecule has 114 valence electrons. The normalized spacial score (nSPS) is 32.8. The van der Waals surface area contributed by atoms with Crippen molar-refractivity contribution in [2.75, 3.05) is 13.1 Å².